The molecule has 5 nitrogen and oxygen atoms in total. The molecule has 0 aromatic carbocycles. The summed E-state index contributed by atoms with van der Waals surface area (Å²) >= 11 is 0. The van der Waals surface area contributed by atoms with Crippen LogP contribution in [0.2, 0.25) is 0 Å². The van der Waals surface area contributed by atoms with Gasteiger partial charge in [0.2, 0.25) is 5.91 Å². The molecule has 0 spiro atoms. The van der Waals surface area contributed by atoms with E-state index in [-0.39, 0.29) is 5.91 Å². The third kappa shape index (κ3) is 3.92. The first-order valence-corrected chi connectivity index (χ1v) is 6.80. The van der Waals surface area contributed by atoms with Gasteiger partial charge in [-0.1, -0.05) is 6.08 Å². The molecule has 1 aliphatic heterocycles. The van der Waals surface area contributed by atoms with Crippen molar-refractivity contribution in [2.75, 3.05) is 32.7 Å². The van der Waals surface area contributed by atoms with Crippen molar-refractivity contribution >= 4 is 5.91 Å². The Morgan fingerprint density at radius 2 is 2.26 bits per heavy atom. The van der Waals surface area contributed by atoms with Gasteiger partial charge < -0.3 is 4.90 Å². The predicted molar refractivity (Wildman–Crippen MR) is 74.8 cm³/mol. The van der Waals surface area contributed by atoms with Crippen LogP contribution in [0.4, 0.5) is 0 Å². The fraction of sp³-hybridized carbons (Fsp3) is 0.571. The quantitative estimate of drug-likeness (QED) is 0.757. The SMILES string of the molecule is C=CCN1CCCN(C(=O)Cn2ccc(C)n2)CC1. The molecule has 0 bridgehead atoms. The van der Waals surface area contributed by atoms with E-state index in [1.54, 1.807) is 4.68 Å². The van der Waals surface area contributed by atoms with Gasteiger partial charge in [-0.3, -0.25) is 14.4 Å². The number of hydrogen-bond donors (Lipinski definition) is 0. The molecule has 0 unspecified atom stereocenters. The molecule has 1 amide bonds. The minimum Gasteiger partial charge on any atom is -0.340 e. The number of nitrogens with zero attached hydrogens (tertiary/aromatic N) is 4. The van der Waals surface area contributed by atoms with Crippen LogP contribution in [0, 0.1) is 6.92 Å². The maximum Gasteiger partial charge on any atom is 0.244 e. The summed E-state index contributed by atoms with van der Waals surface area (Å²) < 4.78 is 1.71. The van der Waals surface area contributed by atoms with Crippen molar-refractivity contribution in [3.8, 4) is 0 Å². The molecule has 5 heteroatoms. The highest BCUT2D eigenvalue weighted by atomic mass is 16.2. The molecule has 1 aromatic heterocycles. The third-order valence-corrected chi connectivity index (χ3v) is 3.40. The van der Waals surface area contributed by atoms with Crippen LogP contribution >= 0.6 is 0 Å². The van der Waals surface area contributed by atoms with Crippen LogP contribution in [0.1, 0.15) is 12.1 Å². The molecule has 2 rings (SSSR count). The van der Waals surface area contributed by atoms with Gasteiger partial charge in [0.15, 0.2) is 0 Å². The molecule has 0 aliphatic carbocycles. The molecule has 0 N–H and O–H groups in total. The minimum atomic E-state index is 0.156. The summed E-state index contributed by atoms with van der Waals surface area (Å²) in [6, 6.07) is 1.92. The number of rotatable bonds is 4. The van der Waals surface area contributed by atoms with Gasteiger partial charge in [0, 0.05) is 38.9 Å². The predicted octanol–water partition coefficient (Wildman–Crippen LogP) is 0.912. The number of aromatic nitrogens is 2. The Morgan fingerprint density at radius 1 is 1.42 bits per heavy atom. The second kappa shape index (κ2) is 6.52. The average molecular weight is 262 g/mol. The topological polar surface area (TPSA) is 41.4 Å². The summed E-state index contributed by atoms with van der Waals surface area (Å²) in [7, 11) is 0. The fourth-order valence-corrected chi connectivity index (χ4v) is 2.38. The normalized spacial score (nSPS) is 17.2. The van der Waals surface area contributed by atoms with Gasteiger partial charge in [0.05, 0.1) is 5.69 Å². The van der Waals surface area contributed by atoms with E-state index in [0.29, 0.717) is 6.54 Å². The number of hydrogen-bond acceptors (Lipinski definition) is 3. The lowest BCUT2D eigenvalue weighted by Gasteiger charge is -2.21. The van der Waals surface area contributed by atoms with Gasteiger partial charge >= 0.3 is 0 Å². The summed E-state index contributed by atoms with van der Waals surface area (Å²) in [4.78, 5) is 16.5. The molecule has 19 heavy (non-hydrogen) atoms. The van der Waals surface area contributed by atoms with Gasteiger partial charge in [0.1, 0.15) is 6.54 Å². The van der Waals surface area contributed by atoms with Crippen molar-refractivity contribution in [3.05, 3.63) is 30.6 Å². The third-order valence-electron chi connectivity index (χ3n) is 3.40. The molecule has 1 saturated heterocycles. The minimum absolute atomic E-state index is 0.156. The van der Waals surface area contributed by atoms with E-state index in [0.717, 1.165) is 44.8 Å². The van der Waals surface area contributed by atoms with Gasteiger partial charge in [-0.2, -0.15) is 5.10 Å². The Hall–Kier alpha value is -1.62. The zero-order valence-electron chi connectivity index (χ0n) is 11.6. The van der Waals surface area contributed by atoms with Crippen molar-refractivity contribution < 1.29 is 4.79 Å². The number of aryl methyl sites for hydroxylation is 1. The van der Waals surface area contributed by atoms with Gasteiger partial charge in [-0.05, 0) is 19.4 Å². The zero-order chi connectivity index (χ0) is 13.7. The van der Waals surface area contributed by atoms with Crippen LogP contribution in [-0.4, -0.2) is 58.2 Å². The van der Waals surface area contributed by atoms with Crippen molar-refractivity contribution in [1.82, 2.24) is 19.6 Å². The van der Waals surface area contributed by atoms with E-state index >= 15 is 0 Å². The maximum absolute atomic E-state index is 12.2. The first-order valence-electron chi connectivity index (χ1n) is 6.80. The number of amides is 1. The summed E-state index contributed by atoms with van der Waals surface area (Å²) in [5, 5.41) is 4.26. The summed E-state index contributed by atoms with van der Waals surface area (Å²) in [5.41, 5.74) is 0.945. The summed E-state index contributed by atoms with van der Waals surface area (Å²) in [5.74, 6) is 0.156. The molecule has 2 heterocycles. The Morgan fingerprint density at radius 3 is 2.95 bits per heavy atom. The smallest absolute Gasteiger partial charge is 0.244 e. The molecule has 1 aliphatic rings. The molecule has 0 radical (unpaired) electrons. The van der Waals surface area contributed by atoms with Crippen LogP contribution in [0.15, 0.2) is 24.9 Å². The lowest BCUT2D eigenvalue weighted by molar-refractivity contribution is -0.131. The molecule has 104 valence electrons. The zero-order valence-corrected chi connectivity index (χ0v) is 11.6. The molecule has 0 saturated carbocycles. The van der Waals surface area contributed by atoms with E-state index in [1.807, 2.05) is 30.2 Å². The lowest BCUT2D eigenvalue weighted by atomic mass is 10.3. The Bertz CT molecular complexity index is 440. The second-order valence-corrected chi connectivity index (χ2v) is 4.98. The van der Waals surface area contributed by atoms with E-state index in [4.69, 9.17) is 0 Å². The number of carbonyl (C=O) groups is 1. The Balaban J connectivity index is 1.87. The number of carbonyl (C=O) groups excluding carboxylic acids is 1. The molecular weight excluding hydrogens is 240 g/mol. The van der Waals surface area contributed by atoms with Crippen LogP contribution in [0.25, 0.3) is 0 Å². The monoisotopic (exact) mass is 262 g/mol. The van der Waals surface area contributed by atoms with Gasteiger partial charge in [0.25, 0.3) is 0 Å². The Kier molecular flexibility index (Phi) is 4.74. The molecule has 1 aromatic rings. The standard InChI is InChI=1S/C14H22N4O/c1-3-6-16-7-4-8-17(11-10-16)14(19)12-18-9-5-13(2)15-18/h3,5,9H,1,4,6-8,10-12H2,2H3. The van der Waals surface area contributed by atoms with Crippen molar-refractivity contribution in [1.29, 1.82) is 0 Å². The highest BCUT2D eigenvalue weighted by Gasteiger charge is 2.18. The first kappa shape index (κ1) is 13.8. The first-order chi connectivity index (χ1) is 9.19. The average Bonchev–Trinajstić information content (AvgIpc) is 2.65. The van der Waals surface area contributed by atoms with E-state index in [9.17, 15) is 4.79 Å². The van der Waals surface area contributed by atoms with Crippen molar-refractivity contribution in [2.24, 2.45) is 0 Å². The highest BCUT2D eigenvalue weighted by Crippen LogP contribution is 2.04. The molecular formula is C14H22N4O. The van der Waals surface area contributed by atoms with E-state index in [2.05, 4.69) is 16.6 Å². The van der Waals surface area contributed by atoms with Crippen LogP contribution in [0.5, 0.6) is 0 Å². The molecule has 0 atom stereocenters. The van der Waals surface area contributed by atoms with Gasteiger partial charge in [-0.25, -0.2) is 0 Å². The van der Waals surface area contributed by atoms with Crippen LogP contribution in [0.3, 0.4) is 0 Å². The fourth-order valence-electron chi connectivity index (χ4n) is 2.38. The second-order valence-electron chi connectivity index (χ2n) is 4.98. The van der Waals surface area contributed by atoms with Crippen molar-refractivity contribution in [2.45, 2.75) is 19.9 Å². The van der Waals surface area contributed by atoms with Gasteiger partial charge in [-0.15, -0.1) is 6.58 Å². The van der Waals surface area contributed by atoms with E-state index in [1.165, 1.54) is 0 Å². The Labute approximate surface area is 114 Å². The summed E-state index contributed by atoms with van der Waals surface area (Å²) in [6.07, 6.45) is 4.80. The largest absolute Gasteiger partial charge is 0.340 e. The highest BCUT2D eigenvalue weighted by molar-refractivity contribution is 5.75. The summed E-state index contributed by atoms with van der Waals surface area (Å²) in [6.45, 7) is 10.5. The van der Waals surface area contributed by atoms with Crippen LogP contribution in [-0.2, 0) is 11.3 Å². The maximum atomic E-state index is 12.2. The lowest BCUT2D eigenvalue weighted by Crippen LogP contribution is -2.37. The van der Waals surface area contributed by atoms with Crippen molar-refractivity contribution in [3.63, 3.8) is 0 Å². The van der Waals surface area contributed by atoms with Crippen LogP contribution < -0.4 is 0 Å². The molecule has 1 fully saturated rings. The van der Waals surface area contributed by atoms with E-state index < -0.39 is 0 Å².